The fourth-order valence-electron chi connectivity index (χ4n) is 2.04. The first kappa shape index (κ1) is 23.2. The summed E-state index contributed by atoms with van der Waals surface area (Å²) in [6.45, 7) is 4.08. The minimum Gasteiger partial charge on any atom is -0.395 e. The average molecular weight is 432 g/mol. The second-order valence-electron chi connectivity index (χ2n) is 5.41. The largest absolute Gasteiger partial charge is 0.395 e. The van der Waals surface area contributed by atoms with Crippen molar-refractivity contribution in [3.63, 3.8) is 0 Å². The second-order valence-corrected chi connectivity index (χ2v) is 8.91. The summed E-state index contributed by atoms with van der Waals surface area (Å²) in [6, 6.07) is 5.91. The van der Waals surface area contributed by atoms with Gasteiger partial charge in [0.1, 0.15) is 0 Å². The molecule has 0 amide bonds. The molecule has 0 radical (unpaired) electrons. The van der Waals surface area contributed by atoms with Crippen molar-refractivity contribution in [2.24, 2.45) is 0 Å². The molecule has 26 heavy (non-hydrogen) atoms. The topological polar surface area (TPSA) is 37.4 Å². The number of hydrogen-bond acceptors (Lipinski definition) is 7. The van der Waals surface area contributed by atoms with Crippen LogP contribution in [-0.2, 0) is 5.75 Å². The van der Waals surface area contributed by atoms with E-state index in [9.17, 15) is 0 Å². The van der Waals surface area contributed by atoms with Gasteiger partial charge < -0.3 is 4.84 Å². The number of thiophene rings is 1. The highest BCUT2D eigenvalue weighted by Crippen LogP contribution is 2.38. The molecule has 8 heteroatoms. The second kappa shape index (κ2) is 11.1. The van der Waals surface area contributed by atoms with Gasteiger partial charge in [-0.2, -0.15) is 0 Å². The van der Waals surface area contributed by atoms with Crippen molar-refractivity contribution in [2.75, 3.05) is 21.1 Å². The fraction of sp³-hybridized carbons (Fsp3) is 0.389. The van der Waals surface area contributed by atoms with Crippen LogP contribution in [0.2, 0.25) is 5.02 Å². The van der Waals surface area contributed by atoms with Crippen LogP contribution in [0, 0.1) is 13.8 Å². The van der Waals surface area contributed by atoms with Crippen molar-refractivity contribution in [1.82, 2.24) is 14.8 Å². The van der Waals surface area contributed by atoms with Crippen LogP contribution < -0.4 is 9.56 Å². The highest BCUT2D eigenvalue weighted by molar-refractivity contribution is 7.96. The summed E-state index contributed by atoms with van der Waals surface area (Å²) < 4.78 is 4.21. The van der Waals surface area contributed by atoms with Crippen LogP contribution in [0.25, 0.3) is 10.1 Å². The molecule has 0 spiro atoms. The van der Waals surface area contributed by atoms with Gasteiger partial charge in [-0.25, -0.2) is 4.98 Å². The first-order valence-electron chi connectivity index (χ1n) is 7.64. The van der Waals surface area contributed by atoms with E-state index in [1.54, 1.807) is 39.7 Å². The maximum atomic E-state index is 5.96. The predicted molar refractivity (Wildman–Crippen MR) is 120 cm³/mol. The molecule has 0 unspecified atom stereocenters. The van der Waals surface area contributed by atoms with E-state index in [1.807, 2.05) is 53.2 Å². The molecule has 0 bridgehead atoms. The molecule has 0 aliphatic rings. The maximum absolute atomic E-state index is 5.96. The van der Waals surface area contributed by atoms with E-state index >= 15 is 0 Å². The van der Waals surface area contributed by atoms with Gasteiger partial charge in [-0.05, 0) is 39.1 Å². The van der Waals surface area contributed by atoms with Gasteiger partial charge in [0.05, 0.1) is 16.5 Å². The molecule has 1 N–H and O–H groups in total. The number of aromatic nitrogens is 1. The Morgan fingerprint density at radius 1 is 1.31 bits per heavy atom. The highest BCUT2D eigenvalue weighted by atomic mass is 35.5. The monoisotopic (exact) mass is 431 g/mol. The van der Waals surface area contributed by atoms with Crippen LogP contribution in [0.5, 0.6) is 5.06 Å². The van der Waals surface area contributed by atoms with E-state index in [2.05, 4.69) is 15.1 Å². The van der Waals surface area contributed by atoms with Gasteiger partial charge in [-0.15, -0.1) is 16.4 Å². The van der Waals surface area contributed by atoms with E-state index in [1.165, 1.54) is 15.8 Å². The van der Waals surface area contributed by atoms with Crippen molar-refractivity contribution in [2.45, 2.75) is 27.0 Å². The van der Waals surface area contributed by atoms with Crippen LogP contribution in [0.3, 0.4) is 0 Å². The van der Waals surface area contributed by atoms with E-state index in [-0.39, 0.29) is 7.43 Å². The molecule has 2 heterocycles. The third-order valence-electron chi connectivity index (χ3n) is 3.15. The molecule has 0 saturated heterocycles. The molecule has 0 atom stereocenters. The summed E-state index contributed by atoms with van der Waals surface area (Å²) >= 11 is 11.0. The zero-order chi connectivity index (χ0) is 18.4. The number of hydroxylamine groups is 2. The van der Waals surface area contributed by atoms with Gasteiger partial charge in [-0.1, -0.05) is 42.3 Å². The number of aryl methyl sites for hydroxylation is 2. The number of hydrogen-bond donors (Lipinski definition) is 1. The van der Waals surface area contributed by atoms with Gasteiger partial charge in [0, 0.05) is 40.1 Å². The molecule has 0 aliphatic carbocycles. The van der Waals surface area contributed by atoms with Crippen LogP contribution in [0.4, 0.5) is 0 Å². The molecule has 3 rings (SSSR count). The third kappa shape index (κ3) is 6.72. The Morgan fingerprint density at radius 2 is 2.04 bits per heavy atom. The van der Waals surface area contributed by atoms with Crippen LogP contribution in [-0.4, -0.2) is 31.2 Å². The smallest absolute Gasteiger partial charge is 0.205 e. The van der Waals surface area contributed by atoms with E-state index < -0.39 is 0 Å². The van der Waals surface area contributed by atoms with E-state index in [0.717, 1.165) is 26.4 Å². The van der Waals surface area contributed by atoms with Gasteiger partial charge in [0.2, 0.25) is 5.06 Å². The lowest BCUT2D eigenvalue weighted by atomic mass is 10.2. The zero-order valence-corrected chi connectivity index (χ0v) is 18.1. The van der Waals surface area contributed by atoms with Crippen LogP contribution in [0.15, 0.2) is 23.6 Å². The van der Waals surface area contributed by atoms with Crippen molar-refractivity contribution < 1.29 is 4.84 Å². The summed E-state index contributed by atoms with van der Waals surface area (Å²) in [5.41, 5.74) is 2.31. The van der Waals surface area contributed by atoms with Gasteiger partial charge in [0.15, 0.2) is 0 Å². The molecular formula is C18H26ClN3OS3. The number of benzene rings is 1. The lowest BCUT2D eigenvalue weighted by Crippen LogP contribution is -2.15. The number of nitrogens with one attached hydrogen (secondary N) is 1. The average Bonchev–Trinajstić information content (AvgIpc) is 3.10. The van der Waals surface area contributed by atoms with Crippen molar-refractivity contribution in [1.29, 1.82) is 0 Å². The quantitative estimate of drug-likeness (QED) is 0.386. The minimum atomic E-state index is 0. The first-order chi connectivity index (χ1) is 11.9. The summed E-state index contributed by atoms with van der Waals surface area (Å²) in [6.07, 6.45) is 0. The van der Waals surface area contributed by atoms with Gasteiger partial charge >= 0.3 is 0 Å². The number of thiazole rings is 1. The van der Waals surface area contributed by atoms with Crippen molar-refractivity contribution in [3.05, 3.63) is 44.9 Å². The Kier molecular flexibility index (Phi) is 9.92. The number of rotatable bonds is 5. The maximum Gasteiger partial charge on any atom is 0.205 e. The molecule has 4 nitrogen and oxygen atoms in total. The van der Waals surface area contributed by atoms with Crippen LogP contribution >= 0.6 is 46.2 Å². The Labute approximate surface area is 173 Å². The van der Waals surface area contributed by atoms with Gasteiger partial charge in [-0.3, -0.25) is 4.72 Å². The van der Waals surface area contributed by atoms with Gasteiger partial charge in [0.25, 0.3) is 0 Å². The highest BCUT2D eigenvalue weighted by Gasteiger charge is 2.10. The molecule has 0 saturated carbocycles. The first-order valence-corrected chi connectivity index (χ1v) is 10.7. The molecular weight excluding hydrogens is 406 g/mol. The molecule has 0 fully saturated rings. The Balaban J connectivity index is 0.000000270. The zero-order valence-electron chi connectivity index (χ0n) is 14.9. The molecule has 0 aliphatic heterocycles. The summed E-state index contributed by atoms with van der Waals surface area (Å²) in [5, 5.41) is 7.80. The fourth-order valence-corrected chi connectivity index (χ4v) is 4.48. The van der Waals surface area contributed by atoms with Crippen molar-refractivity contribution in [3.8, 4) is 5.06 Å². The van der Waals surface area contributed by atoms with E-state index in [4.69, 9.17) is 16.4 Å². The summed E-state index contributed by atoms with van der Waals surface area (Å²) in [5.74, 6) is 0.959. The standard InChI is InChI=1S/C11H12ClNOS.C6H10N2S2.CH4/c1-7-9-6-8(12)4-5-10(9)15-11(7)14-13(2)3;1-5-8-6(3-9-5)4-10-7-2;/h4-6H,1-3H3;3,7H,4H2,1-2H3;1H4. The van der Waals surface area contributed by atoms with Crippen molar-refractivity contribution >= 4 is 56.3 Å². The Bertz CT molecular complexity index is 817. The molecule has 2 aromatic heterocycles. The predicted octanol–water partition coefficient (Wildman–Crippen LogP) is 6.17. The lowest BCUT2D eigenvalue weighted by Gasteiger charge is -2.10. The normalized spacial score (nSPS) is 10.4. The Morgan fingerprint density at radius 3 is 2.62 bits per heavy atom. The number of nitrogens with zero attached hydrogens (tertiary/aromatic N) is 2. The number of halogens is 1. The summed E-state index contributed by atoms with van der Waals surface area (Å²) in [4.78, 5) is 9.88. The molecule has 144 valence electrons. The number of fused-ring (bicyclic) bond motifs is 1. The SMILES string of the molecule is C.CNSCc1csc(C)n1.Cc1c(ON(C)C)sc2ccc(Cl)cc12. The third-order valence-corrected chi connectivity index (χ3v) is 6.08. The van der Waals surface area contributed by atoms with E-state index in [0.29, 0.717) is 0 Å². The summed E-state index contributed by atoms with van der Waals surface area (Å²) in [7, 11) is 5.66. The Hall–Kier alpha value is -0.830. The molecule has 3 aromatic rings. The lowest BCUT2D eigenvalue weighted by molar-refractivity contribution is 0.000624. The minimum absolute atomic E-state index is 0. The molecule has 1 aromatic carbocycles. The van der Waals surface area contributed by atoms with Crippen LogP contribution in [0.1, 0.15) is 23.7 Å².